The van der Waals surface area contributed by atoms with Gasteiger partial charge in [0.2, 0.25) is 5.91 Å². The van der Waals surface area contributed by atoms with Crippen molar-refractivity contribution in [1.82, 2.24) is 20.1 Å². The van der Waals surface area contributed by atoms with E-state index in [-0.39, 0.29) is 30.0 Å². The molecule has 39 heavy (non-hydrogen) atoms. The average Bonchev–Trinajstić information content (AvgIpc) is 3.11. The molecule has 2 aromatic rings. The van der Waals surface area contributed by atoms with E-state index in [0.29, 0.717) is 24.6 Å². The number of carbonyl (C=O) groups is 2. The zero-order valence-corrected chi connectivity index (χ0v) is 22.0. The molecule has 3 aliphatic heterocycles. The first-order valence-electron chi connectivity index (χ1n) is 13.8. The monoisotopic (exact) mass is 544 g/mol. The number of hydrogen-bond acceptors (Lipinski definition) is 5. The van der Waals surface area contributed by atoms with Gasteiger partial charge in [0, 0.05) is 62.4 Å². The van der Waals surface area contributed by atoms with Crippen LogP contribution in [0.15, 0.2) is 42.6 Å². The lowest BCUT2D eigenvalue weighted by atomic mass is 9.96. The minimum absolute atomic E-state index is 0.0275. The SMILES string of the molecule is O=C(CN1CCc2ccc(C(F)(F)F)cc2C1=O)NC1CN(C2CCCOCC2)C[C@@H]1CCc1ccccn1. The molecule has 4 heterocycles. The zero-order chi connectivity index (χ0) is 27.4. The van der Waals surface area contributed by atoms with Gasteiger partial charge in [-0.1, -0.05) is 12.1 Å². The van der Waals surface area contributed by atoms with Crippen molar-refractivity contribution in [3.63, 3.8) is 0 Å². The van der Waals surface area contributed by atoms with Crippen LogP contribution < -0.4 is 5.32 Å². The number of fused-ring (bicyclic) bond motifs is 1. The predicted octanol–water partition coefficient (Wildman–Crippen LogP) is 3.72. The lowest BCUT2D eigenvalue weighted by Crippen LogP contribution is -2.48. The van der Waals surface area contributed by atoms with Crippen LogP contribution in [-0.4, -0.2) is 78.1 Å². The van der Waals surface area contributed by atoms with Crippen LogP contribution in [0.5, 0.6) is 0 Å². The number of hydrogen-bond donors (Lipinski definition) is 1. The van der Waals surface area contributed by atoms with Crippen LogP contribution in [0.4, 0.5) is 13.2 Å². The molecule has 7 nitrogen and oxygen atoms in total. The van der Waals surface area contributed by atoms with Gasteiger partial charge >= 0.3 is 6.18 Å². The largest absolute Gasteiger partial charge is 0.416 e. The van der Waals surface area contributed by atoms with E-state index in [0.717, 1.165) is 76.2 Å². The lowest BCUT2D eigenvalue weighted by Gasteiger charge is -2.29. The van der Waals surface area contributed by atoms with E-state index >= 15 is 0 Å². The molecule has 5 rings (SSSR count). The minimum Gasteiger partial charge on any atom is -0.381 e. The van der Waals surface area contributed by atoms with Gasteiger partial charge in [0.15, 0.2) is 0 Å². The molecule has 2 unspecified atom stereocenters. The van der Waals surface area contributed by atoms with E-state index in [1.807, 2.05) is 18.2 Å². The normalized spacial score (nSPS) is 24.3. The highest BCUT2D eigenvalue weighted by molar-refractivity contribution is 5.99. The molecule has 3 atom stereocenters. The molecule has 2 amide bonds. The molecule has 0 saturated carbocycles. The van der Waals surface area contributed by atoms with Gasteiger partial charge in [-0.3, -0.25) is 19.5 Å². The molecule has 0 spiro atoms. The van der Waals surface area contributed by atoms with Gasteiger partial charge in [0.25, 0.3) is 5.91 Å². The maximum atomic E-state index is 13.2. The van der Waals surface area contributed by atoms with Crippen molar-refractivity contribution < 1.29 is 27.5 Å². The van der Waals surface area contributed by atoms with Crippen molar-refractivity contribution in [3.05, 3.63) is 65.0 Å². The van der Waals surface area contributed by atoms with E-state index in [1.54, 1.807) is 6.20 Å². The Bertz CT molecular complexity index is 1150. The van der Waals surface area contributed by atoms with Crippen LogP contribution in [0, 0.1) is 5.92 Å². The van der Waals surface area contributed by atoms with Gasteiger partial charge in [-0.25, -0.2) is 0 Å². The van der Waals surface area contributed by atoms with Crippen LogP contribution in [0.25, 0.3) is 0 Å². The number of halogens is 3. The summed E-state index contributed by atoms with van der Waals surface area (Å²) in [5.74, 6) is -0.583. The van der Waals surface area contributed by atoms with Crippen LogP contribution >= 0.6 is 0 Å². The Hall–Kier alpha value is -2.98. The number of benzene rings is 1. The second-order valence-electron chi connectivity index (χ2n) is 10.8. The number of ether oxygens (including phenoxy) is 1. The third-order valence-electron chi connectivity index (χ3n) is 8.19. The molecule has 1 aromatic heterocycles. The Balaban J connectivity index is 1.24. The van der Waals surface area contributed by atoms with Crippen molar-refractivity contribution in [3.8, 4) is 0 Å². The van der Waals surface area contributed by atoms with Gasteiger partial charge in [-0.05, 0) is 74.3 Å². The smallest absolute Gasteiger partial charge is 0.381 e. The second-order valence-corrected chi connectivity index (χ2v) is 10.8. The molecule has 3 aliphatic rings. The Labute approximate surface area is 226 Å². The first-order chi connectivity index (χ1) is 18.8. The molecule has 0 radical (unpaired) electrons. The molecule has 1 aromatic carbocycles. The molecular weight excluding hydrogens is 509 g/mol. The Morgan fingerprint density at radius 1 is 1.13 bits per heavy atom. The number of rotatable bonds is 7. The van der Waals surface area contributed by atoms with Crippen LogP contribution in [0.1, 0.15) is 52.9 Å². The van der Waals surface area contributed by atoms with Gasteiger partial charge in [-0.15, -0.1) is 0 Å². The van der Waals surface area contributed by atoms with E-state index in [1.165, 1.54) is 11.0 Å². The summed E-state index contributed by atoms with van der Waals surface area (Å²) in [6, 6.07) is 9.48. The van der Waals surface area contributed by atoms with Crippen molar-refractivity contribution in [2.75, 3.05) is 39.4 Å². The summed E-state index contributed by atoms with van der Waals surface area (Å²) < 4.78 is 45.3. The van der Waals surface area contributed by atoms with Gasteiger partial charge < -0.3 is 15.0 Å². The molecule has 1 N–H and O–H groups in total. The summed E-state index contributed by atoms with van der Waals surface area (Å²) in [6.07, 6.45) is 2.40. The van der Waals surface area contributed by atoms with Gasteiger partial charge in [-0.2, -0.15) is 13.2 Å². The predicted molar refractivity (Wildman–Crippen MR) is 139 cm³/mol. The van der Waals surface area contributed by atoms with Gasteiger partial charge in [0.05, 0.1) is 12.1 Å². The molecule has 2 fully saturated rings. The molecule has 2 saturated heterocycles. The van der Waals surface area contributed by atoms with Crippen molar-refractivity contribution in [2.45, 2.75) is 56.8 Å². The Morgan fingerprint density at radius 2 is 2.00 bits per heavy atom. The van der Waals surface area contributed by atoms with Gasteiger partial charge in [0.1, 0.15) is 0 Å². The molecule has 210 valence electrons. The van der Waals surface area contributed by atoms with Crippen LogP contribution in [0.2, 0.25) is 0 Å². The molecule has 0 aliphatic carbocycles. The fourth-order valence-electron chi connectivity index (χ4n) is 6.06. The second kappa shape index (κ2) is 12.0. The highest BCUT2D eigenvalue weighted by atomic mass is 19.4. The Morgan fingerprint density at radius 3 is 2.79 bits per heavy atom. The third kappa shape index (κ3) is 6.78. The fraction of sp³-hybridized carbons (Fsp3) is 0.552. The summed E-state index contributed by atoms with van der Waals surface area (Å²) >= 11 is 0. The van der Waals surface area contributed by atoms with Crippen molar-refractivity contribution >= 4 is 11.8 Å². The number of alkyl halides is 3. The number of carbonyl (C=O) groups excluding carboxylic acids is 2. The topological polar surface area (TPSA) is 74.8 Å². The molecule has 0 bridgehead atoms. The minimum atomic E-state index is -4.53. The number of aromatic nitrogens is 1. The first kappa shape index (κ1) is 27.6. The highest BCUT2D eigenvalue weighted by Crippen LogP contribution is 2.32. The number of nitrogens with zero attached hydrogens (tertiary/aromatic N) is 3. The zero-order valence-electron chi connectivity index (χ0n) is 22.0. The molecule has 10 heteroatoms. The maximum Gasteiger partial charge on any atom is 0.416 e. The standard InChI is InChI=1S/C29H35F3N4O3/c30-29(31,32)22-8-6-20-10-13-35(28(38)25(20)16-22)19-27(37)34-26-18-36(24-5-3-14-39-15-11-24)17-21(26)7-9-23-4-1-2-12-33-23/h1-2,4,6,8,12,16,21,24,26H,3,5,7,9-11,13-15,17-19H2,(H,34,37)/t21-,24?,26?/m0/s1. The summed E-state index contributed by atoms with van der Waals surface area (Å²) in [5, 5.41) is 3.17. The first-order valence-corrected chi connectivity index (χ1v) is 13.8. The van der Waals surface area contributed by atoms with E-state index in [4.69, 9.17) is 4.74 Å². The fourth-order valence-corrected chi connectivity index (χ4v) is 6.06. The van der Waals surface area contributed by atoms with Crippen LogP contribution in [0.3, 0.4) is 0 Å². The summed E-state index contributed by atoms with van der Waals surface area (Å²) in [6.45, 7) is 3.26. The van der Waals surface area contributed by atoms with E-state index in [9.17, 15) is 22.8 Å². The van der Waals surface area contributed by atoms with Crippen molar-refractivity contribution in [1.29, 1.82) is 0 Å². The Kier molecular flexibility index (Phi) is 8.52. The number of amides is 2. The van der Waals surface area contributed by atoms with Crippen LogP contribution in [-0.2, 0) is 28.5 Å². The quantitative estimate of drug-likeness (QED) is 0.575. The molecular formula is C29H35F3N4O3. The summed E-state index contributed by atoms with van der Waals surface area (Å²) in [5.41, 5.74) is 0.768. The lowest BCUT2D eigenvalue weighted by molar-refractivity contribution is -0.137. The number of nitrogens with one attached hydrogen (secondary N) is 1. The maximum absolute atomic E-state index is 13.2. The average molecular weight is 545 g/mol. The summed E-state index contributed by atoms with van der Waals surface area (Å²) in [7, 11) is 0. The van der Waals surface area contributed by atoms with E-state index in [2.05, 4.69) is 15.2 Å². The van der Waals surface area contributed by atoms with Crippen molar-refractivity contribution in [2.24, 2.45) is 5.92 Å². The number of likely N-dealkylation sites (tertiary alicyclic amines) is 1. The van der Waals surface area contributed by atoms with E-state index < -0.39 is 17.6 Å². The highest BCUT2D eigenvalue weighted by Gasteiger charge is 2.38. The third-order valence-corrected chi connectivity index (χ3v) is 8.19. The number of pyridine rings is 1. The number of aryl methyl sites for hydroxylation is 1. The summed E-state index contributed by atoms with van der Waals surface area (Å²) in [4.78, 5) is 34.5.